The van der Waals surface area contributed by atoms with Gasteiger partial charge in [-0.3, -0.25) is 0 Å². The summed E-state index contributed by atoms with van der Waals surface area (Å²) in [6, 6.07) is 18.4. The number of nitrogens with zero attached hydrogens (tertiary/aromatic N) is 5. The second-order valence-electron chi connectivity index (χ2n) is 4.89. The van der Waals surface area contributed by atoms with E-state index in [0.29, 0.717) is 12.1 Å². The van der Waals surface area contributed by atoms with Crippen molar-refractivity contribution in [1.82, 2.24) is 20.2 Å². The van der Waals surface area contributed by atoms with Gasteiger partial charge in [-0.15, -0.1) is 10.2 Å². The average molecular weight is 303 g/mol. The Morgan fingerprint density at radius 1 is 1.13 bits per heavy atom. The van der Waals surface area contributed by atoms with Gasteiger partial charge in [0.1, 0.15) is 17.4 Å². The lowest BCUT2D eigenvalue weighted by molar-refractivity contribution is 0.475. The summed E-state index contributed by atoms with van der Waals surface area (Å²) in [5, 5.41) is 30.8. The largest absolute Gasteiger partial charge is 0.508 e. The van der Waals surface area contributed by atoms with Crippen molar-refractivity contribution in [2.75, 3.05) is 0 Å². The Morgan fingerprint density at radius 3 is 2.57 bits per heavy atom. The van der Waals surface area contributed by atoms with Gasteiger partial charge in [0, 0.05) is 0 Å². The van der Waals surface area contributed by atoms with E-state index in [1.54, 1.807) is 30.3 Å². The van der Waals surface area contributed by atoms with Gasteiger partial charge in [-0.05, 0) is 34.5 Å². The number of allylic oxidation sites excluding steroid dienone is 1. The molecule has 3 aromatic rings. The van der Waals surface area contributed by atoms with Crippen LogP contribution in [0, 0.1) is 11.3 Å². The first-order chi connectivity index (χ1) is 11.2. The van der Waals surface area contributed by atoms with Crippen molar-refractivity contribution < 1.29 is 5.11 Å². The Kier molecular flexibility index (Phi) is 4.11. The molecule has 0 radical (unpaired) electrons. The Labute approximate surface area is 132 Å². The van der Waals surface area contributed by atoms with Crippen molar-refractivity contribution in [3.63, 3.8) is 0 Å². The van der Waals surface area contributed by atoms with Crippen LogP contribution in [0.4, 0.5) is 0 Å². The molecule has 0 unspecified atom stereocenters. The van der Waals surface area contributed by atoms with Crippen LogP contribution in [0.1, 0.15) is 17.0 Å². The number of benzene rings is 2. The van der Waals surface area contributed by atoms with E-state index in [0.717, 1.165) is 11.1 Å². The van der Waals surface area contributed by atoms with Gasteiger partial charge >= 0.3 is 0 Å². The highest BCUT2D eigenvalue weighted by atomic mass is 16.3. The minimum atomic E-state index is 0.174. The van der Waals surface area contributed by atoms with Gasteiger partial charge in [0.2, 0.25) is 5.82 Å². The first-order valence-electron chi connectivity index (χ1n) is 6.97. The molecule has 0 aliphatic carbocycles. The summed E-state index contributed by atoms with van der Waals surface area (Å²) in [5.74, 6) is 0.448. The Bertz CT molecular complexity index is 860. The molecule has 0 aliphatic rings. The molecule has 2 aromatic carbocycles. The number of aromatic hydroxyl groups is 1. The average Bonchev–Trinajstić information content (AvgIpc) is 3.03. The third-order valence-electron chi connectivity index (χ3n) is 3.19. The third kappa shape index (κ3) is 3.60. The van der Waals surface area contributed by atoms with Gasteiger partial charge in [-0.2, -0.15) is 10.1 Å². The van der Waals surface area contributed by atoms with Crippen LogP contribution >= 0.6 is 0 Å². The number of nitriles is 1. The summed E-state index contributed by atoms with van der Waals surface area (Å²) in [4.78, 5) is 1.45. The fraction of sp³-hybridized carbons (Fsp3) is 0.0588. The molecule has 112 valence electrons. The molecule has 0 bridgehead atoms. The van der Waals surface area contributed by atoms with Crippen molar-refractivity contribution in [3.05, 3.63) is 71.5 Å². The molecule has 1 N–H and O–H groups in total. The maximum atomic E-state index is 9.31. The third-order valence-corrected chi connectivity index (χ3v) is 3.19. The summed E-state index contributed by atoms with van der Waals surface area (Å²) < 4.78 is 0. The van der Waals surface area contributed by atoms with Crippen LogP contribution in [0.15, 0.2) is 54.6 Å². The monoisotopic (exact) mass is 303 g/mol. The van der Waals surface area contributed by atoms with Crippen LogP contribution < -0.4 is 0 Å². The van der Waals surface area contributed by atoms with Gasteiger partial charge in [0.25, 0.3) is 0 Å². The number of phenolic OH excluding ortho intramolecular Hbond substituents is 1. The van der Waals surface area contributed by atoms with Crippen LogP contribution in [0.5, 0.6) is 5.75 Å². The van der Waals surface area contributed by atoms with Gasteiger partial charge in [0.05, 0.1) is 6.54 Å². The quantitative estimate of drug-likeness (QED) is 0.748. The summed E-state index contributed by atoms with van der Waals surface area (Å²) >= 11 is 0. The van der Waals surface area contributed by atoms with E-state index >= 15 is 0 Å². The Hall–Kier alpha value is -3.46. The molecule has 0 atom stereocenters. The fourth-order valence-corrected chi connectivity index (χ4v) is 2.05. The number of phenols is 1. The number of aromatic nitrogens is 4. The second-order valence-corrected chi connectivity index (χ2v) is 4.89. The van der Waals surface area contributed by atoms with E-state index in [1.807, 2.05) is 30.3 Å². The first kappa shape index (κ1) is 14.5. The molecule has 0 aliphatic heterocycles. The summed E-state index contributed by atoms with van der Waals surface area (Å²) in [5.41, 5.74) is 2.14. The maximum Gasteiger partial charge on any atom is 0.215 e. The lowest BCUT2D eigenvalue weighted by atomic mass is 10.1. The lowest BCUT2D eigenvalue weighted by Gasteiger charge is -1.98. The highest BCUT2D eigenvalue weighted by Gasteiger charge is 2.09. The number of hydrogen-bond donors (Lipinski definition) is 1. The van der Waals surface area contributed by atoms with Crippen molar-refractivity contribution in [2.45, 2.75) is 6.54 Å². The molecule has 0 saturated heterocycles. The van der Waals surface area contributed by atoms with Crippen LogP contribution in [-0.4, -0.2) is 25.3 Å². The highest BCUT2D eigenvalue weighted by Crippen LogP contribution is 2.16. The molecular formula is C17H13N5O. The predicted molar refractivity (Wildman–Crippen MR) is 85.0 cm³/mol. The van der Waals surface area contributed by atoms with Crippen molar-refractivity contribution in [2.24, 2.45) is 0 Å². The zero-order valence-corrected chi connectivity index (χ0v) is 12.2. The second kappa shape index (κ2) is 6.54. The number of rotatable bonds is 4. The molecular weight excluding hydrogens is 290 g/mol. The smallest absolute Gasteiger partial charge is 0.215 e. The molecule has 1 aromatic heterocycles. The summed E-state index contributed by atoms with van der Waals surface area (Å²) in [6.45, 7) is 0.492. The van der Waals surface area contributed by atoms with Crippen molar-refractivity contribution in [3.8, 4) is 11.8 Å². The number of tetrazole rings is 1. The van der Waals surface area contributed by atoms with Crippen molar-refractivity contribution in [1.29, 1.82) is 5.26 Å². The Morgan fingerprint density at radius 2 is 1.87 bits per heavy atom. The highest BCUT2D eigenvalue weighted by molar-refractivity contribution is 5.86. The van der Waals surface area contributed by atoms with E-state index < -0.39 is 0 Å². The first-order valence-corrected chi connectivity index (χ1v) is 6.97. The van der Waals surface area contributed by atoms with E-state index in [2.05, 4.69) is 21.5 Å². The lowest BCUT2D eigenvalue weighted by Crippen LogP contribution is -2.03. The minimum Gasteiger partial charge on any atom is -0.508 e. The zero-order valence-electron chi connectivity index (χ0n) is 12.2. The van der Waals surface area contributed by atoms with Gasteiger partial charge in [0.15, 0.2) is 0 Å². The molecule has 0 spiro atoms. The van der Waals surface area contributed by atoms with E-state index in [9.17, 15) is 10.4 Å². The summed E-state index contributed by atoms with van der Waals surface area (Å²) in [7, 11) is 0. The van der Waals surface area contributed by atoms with Gasteiger partial charge < -0.3 is 5.11 Å². The van der Waals surface area contributed by atoms with E-state index in [1.165, 1.54) is 4.80 Å². The molecule has 23 heavy (non-hydrogen) atoms. The van der Waals surface area contributed by atoms with Gasteiger partial charge in [-0.1, -0.05) is 42.5 Å². The molecule has 0 fully saturated rings. The van der Waals surface area contributed by atoms with Gasteiger partial charge in [-0.25, -0.2) is 0 Å². The summed E-state index contributed by atoms with van der Waals surface area (Å²) in [6.07, 6.45) is 1.66. The predicted octanol–water partition coefficient (Wildman–Crippen LogP) is 2.49. The molecule has 0 amide bonds. The number of hydrogen-bond acceptors (Lipinski definition) is 5. The molecule has 6 heteroatoms. The standard InChI is InChI=1S/C17H13N5O/c18-11-15(10-13-6-8-16(23)9-7-13)17-19-21-22(20-17)12-14-4-2-1-3-5-14/h1-10,23H,12H2/b15-10+. The van der Waals surface area contributed by atoms with Crippen LogP contribution in [-0.2, 0) is 6.54 Å². The Balaban J connectivity index is 1.83. The maximum absolute atomic E-state index is 9.31. The van der Waals surface area contributed by atoms with Crippen LogP contribution in [0.2, 0.25) is 0 Å². The minimum absolute atomic E-state index is 0.174. The van der Waals surface area contributed by atoms with E-state index in [4.69, 9.17) is 0 Å². The fourth-order valence-electron chi connectivity index (χ4n) is 2.05. The van der Waals surface area contributed by atoms with Crippen molar-refractivity contribution >= 4 is 11.6 Å². The molecule has 0 saturated carbocycles. The zero-order chi connectivity index (χ0) is 16.1. The normalized spacial score (nSPS) is 11.2. The molecule has 1 heterocycles. The molecule has 3 rings (SSSR count). The topological polar surface area (TPSA) is 87.6 Å². The van der Waals surface area contributed by atoms with Crippen LogP contribution in [0.25, 0.3) is 11.6 Å². The van der Waals surface area contributed by atoms with Crippen LogP contribution in [0.3, 0.4) is 0 Å². The van der Waals surface area contributed by atoms with E-state index in [-0.39, 0.29) is 11.6 Å². The SMILES string of the molecule is N#C/C(=C\c1ccc(O)cc1)c1nnn(Cc2ccccc2)n1. The molecule has 6 nitrogen and oxygen atoms in total.